The van der Waals surface area contributed by atoms with Crippen LogP contribution >= 0.6 is 0 Å². The van der Waals surface area contributed by atoms with Crippen LogP contribution < -0.4 is 47.3 Å². The minimum atomic E-state index is -1.15. The molecule has 5 unspecified atom stereocenters. The standard InChI is InChI=1S/C83H99N13O13/c1-47(2)23-72(92-20-19-51(29-75(92)97)26-56-27-52-28-70(56)93(42-52)60-12-10-11-54(30-60)66(35-76(98)99)88-80(105)73(24-48(3)4)95-45-86-65-14-9-8-13-63(65)82(95)107)79(104)89-68(37-78(102)103)58-32-62(41-85-39-58)94-43-59(53-15-16-53)34-71(94)55-17-18-64-69(33-55)87-46-96(83(64)108)74(25-49(5)6)81(106)90-67(36-77(100)101)57-31-61(40-84-38-57)91-21-22-109-44-50(91)7/h8-14,17-20,29-33,38-41,45-50,52-53,56,59,66-68,70-74H,15-16,21-28,34-37,42-44H2,1-7H3,(H,88,105)(H,89,104)(H,90,106)(H,98,99)(H,100,101)(H,102,103)/t50-,52?,56?,59-,66-,67-,68-,70?,71?,72?,73-,74-/m0/s1. The van der Waals surface area contributed by atoms with Crippen molar-refractivity contribution >= 4 is 74.5 Å². The van der Waals surface area contributed by atoms with E-state index in [1.807, 2.05) is 103 Å². The molecule has 2 aliphatic carbocycles. The fourth-order valence-corrected chi connectivity index (χ4v) is 17.2. The topological polar surface area (TPSA) is 336 Å². The lowest BCUT2D eigenvalue weighted by molar-refractivity contribution is -0.139. The molecule has 3 aliphatic heterocycles. The summed E-state index contributed by atoms with van der Waals surface area (Å²) in [6.45, 7) is 16.9. The van der Waals surface area contributed by atoms with Crippen LogP contribution in [0.4, 0.5) is 17.1 Å². The average Bonchev–Trinajstić information content (AvgIpc) is 1.55. The minimum Gasteiger partial charge on any atom is -0.481 e. The number of hydrogen-bond donors (Lipinski definition) is 6. The molecular formula is C83H99N13O13. The van der Waals surface area contributed by atoms with Gasteiger partial charge in [-0.3, -0.25) is 62.3 Å². The number of carbonyl (C=O) groups excluding carboxylic acids is 3. The summed E-state index contributed by atoms with van der Waals surface area (Å²) in [5.74, 6) is -3.64. The number of fused-ring (bicyclic) bond motifs is 4. The van der Waals surface area contributed by atoms with Crippen LogP contribution in [0.2, 0.25) is 0 Å². The first kappa shape index (κ1) is 76.6. The molecule has 26 heteroatoms. The second-order valence-electron chi connectivity index (χ2n) is 32.1. The second-order valence-corrected chi connectivity index (χ2v) is 32.1. The third-order valence-electron chi connectivity index (χ3n) is 22.6. The molecule has 26 nitrogen and oxygen atoms in total. The third kappa shape index (κ3) is 17.6. The number of nitrogens with one attached hydrogen (secondary N) is 3. The molecule has 8 aromatic rings. The van der Waals surface area contributed by atoms with Gasteiger partial charge in [-0.15, -0.1) is 0 Å². The van der Waals surface area contributed by atoms with E-state index in [1.54, 1.807) is 67.4 Å². The zero-order valence-electron chi connectivity index (χ0n) is 62.9. The Balaban J connectivity index is 0.697. The summed E-state index contributed by atoms with van der Waals surface area (Å²) in [4.78, 5) is 150. The van der Waals surface area contributed by atoms with Crippen molar-refractivity contribution in [1.82, 2.24) is 49.6 Å². The molecule has 13 rings (SSSR count). The highest BCUT2D eigenvalue weighted by molar-refractivity contribution is 5.85. The smallest absolute Gasteiger partial charge is 0.305 e. The fourth-order valence-electron chi connectivity index (χ4n) is 17.2. The van der Waals surface area contributed by atoms with E-state index in [0.29, 0.717) is 101 Å². The van der Waals surface area contributed by atoms with Crippen molar-refractivity contribution in [3.63, 3.8) is 0 Å². The number of aromatic nitrogens is 7. The lowest BCUT2D eigenvalue weighted by Gasteiger charge is -2.36. The predicted molar refractivity (Wildman–Crippen MR) is 412 cm³/mol. The molecule has 0 spiro atoms. The number of para-hydroxylation sites is 1. The summed E-state index contributed by atoms with van der Waals surface area (Å²) < 4.78 is 9.75. The van der Waals surface area contributed by atoms with Crippen molar-refractivity contribution in [3.8, 4) is 0 Å². The molecule has 3 saturated heterocycles. The number of carbonyl (C=O) groups is 6. The van der Waals surface area contributed by atoms with Gasteiger partial charge in [0.1, 0.15) is 18.1 Å². The number of carboxylic acids is 3. The van der Waals surface area contributed by atoms with Crippen molar-refractivity contribution in [2.75, 3.05) is 47.5 Å². The van der Waals surface area contributed by atoms with E-state index in [4.69, 9.17) is 9.72 Å². The summed E-state index contributed by atoms with van der Waals surface area (Å²) in [6.07, 6.45) is 16.0. The SMILES string of the molecule is CC(C)CC(C(=O)N[C@@H](CC(=O)O)c1cncc(N2C[C@@H](C3CC3)CC2c2ccc3c(=O)n([C@@H](CC(C)C)C(=O)N[C@@H](CC(=O)O)c4cncc(N5CCOC[C@@H]5C)c4)cnc3c2)c1)n1ccc(CC2CC3CC2N(c2cccc([C@H](CC(=O)O)NC(=O)[C@H](CC(C)C)n4cnc5ccccc5c4=O)c2)C3)cc1=O. The fraction of sp³-hybridized carbons (Fsp3) is 0.482. The van der Waals surface area contributed by atoms with E-state index in [2.05, 4.69) is 45.6 Å². The van der Waals surface area contributed by atoms with E-state index in [9.17, 15) is 58.5 Å². The maximum Gasteiger partial charge on any atom is 0.305 e. The summed E-state index contributed by atoms with van der Waals surface area (Å²) in [7, 11) is 0. The number of anilines is 3. The number of rotatable bonds is 31. The normalized spacial score (nSPS) is 20.8. The Hall–Kier alpha value is -10.6. The second kappa shape index (κ2) is 33.1. The largest absolute Gasteiger partial charge is 0.481 e. The highest BCUT2D eigenvalue weighted by atomic mass is 16.5. The van der Waals surface area contributed by atoms with Gasteiger partial charge in [0, 0.05) is 62.1 Å². The Labute approximate surface area is 632 Å². The predicted octanol–water partition coefficient (Wildman–Crippen LogP) is 10.5. The summed E-state index contributed by atoms with van der Waals surface area (Å²) >= 11 is 0. The minimum absolute atomic E-state index is 0.0104. The van der Waals surface area contributed by atoms with Gasteiger partial charge in [-0.25, -0.2) is 9.97 Å². The summed E-state index contributed by atoms with van der Waals surface area (Å²) in [5.41, 5.74) is 5.44. The number of hydrogen-bond acceptors (Lipinski definition) is 17. The first-order chi connectivity index (χ1) is 52.3. The monoisotopic (exact) mass is 1490 g/mol. The van der Waals surface area contributed by atoms with Gasteiger partial charge in [0.25, 0.3) is 16.7 Å². The molecule has 109 heavy (non-hydrogen) atoms. The Morgan fingerprint density at radius 3 is 1.65 bits per heavy atom. The van der Waals surface area contributed by atoms with Crippen LogP contribution in [0.25, 0.3) is 21.8 Å². The molecule has 2 saturated carbocycles. The van der Waals surface area contributed by atoms with Gasteiger partial charge in [-0.2, -0.15) is 0 Å². The number of benzene rings is 3. The number of amides is 3. The first-order valence-electron chi connectivity index (χ1n) is 38.4. The van der Waals surface area contributed by atoms with Gasteiger partial charge < -0.3 is 55.3 Å². The van der Waals surface area contributed by atoms with E-state index >= 15 is 0 Å². The van der Waals surface area contributed by atoms with Crippen molar-refractivity contribution in [3.05, 3.63) is 194 Å². The van der Waals surface area contributed by atoms with Crippen molar-refractivity contribution in [1.29, 1.82) is 0 Å². The Kier molecular flexibility index (Phi) is 23.2. The Morgan fingerprint density at radius 1 is 0.541 bits per heavy atom. The zero-order chi connectivity index (χ0) is 77.1. The molecule has 5 fully saturated rings. The maximum atomic E-state index is 14.9. The quantitative estimate of drug-likeness (QED) is 0.0235. The lowest BCUT2D eigenvalue weighted by Crippen LogP contribution is -2.44. The van der Waals surface area contributed by atoms with Crippen LogP contribution in [-0.2, 0) is 39.9 Å². The van der Waals surface area contributed by atoms with Gasteiger partial charge in [-0.05, 0) is 189 Å². The molecule has 12 atom stereocenters. The summed E-state index contributed by atoms with van der Waals surface area (Å²) in [6, 6.07) is 21.4. The molecule has 0 radical (unpaired) electrons. The van der Waals surface area contributed by atoms with Crippen molar-refractivity contribution in [2.45, 2.75) is 180 Å². The van der Waals surface area contributed by atoms with Gasteiger partial charge >= 0.3 is 17.9 Å². The lowest BCUT2D eigenvalue weighted by atomic mass is 9.90. The number of pyridine rings is 3. The van der Waals surface area contributed by atoms with Crippen molar-refractivity contribution in [2.24, 2.45) is 41.4 Å². The first-order valence-corrected chi connectivity index (χ1v) is 38.4. The molecule has 6 N–H and O–H groups in total. The van der Waals surface area contributed by atoms with Gasteiger partial charge in [0.15, 0.2) is 0 Å². The van der Waals surface area contributed by atoms with Crippen LogP contribution in [0.1, 0.15) is 189 Å². The van der Waals surface area contributed by atoms with E-state index in [0.717, 1.165) is 61.2 Å². The summed E-state index contributed by atoms with van der Waals surface area (Å²) in [5, 5.41) is 40.4. The maximum absolute atomic E-state index is 14.9. The number of piperidine rings is 1. The van der Waals surface area contributed by atoms with Crippen molar-refractivity contribution < 1.29 is 48.8 Å². The molecular weight excluding hydrogens is 1390 g/mol. The van der Waals surface area contributed by atoms with E-state index in [-0.39, 0.29) is 65.8 Å². The highest BCUT2D eigenvalue weighted by Gasteiger charge is 2.46. The Bertz CT molecular complexity index is 4900. The Morgan fingerprint density at radius 2 is 1.09 bits per heavy atom. The van der Waals surface area contributed by atoms with Crippen LogP contribution in [-0.4, -0.2) is 130 Å². The van der Waals surface area contributed by atoms with E-state index in [1.165, 1.54) is 26.4 Å². The molecule has 2 bridgehead atoms. The highest BCUT2D eigenvalue weighted by Crippen LogP contribution is 2.50. The molecule has 8 heterocycles. The molecule has 3 aromatic carbocycles. The van der Waals surface area contributed by atoms with Gasteiger partial charge in [0.2, 0.25) is 17.7 Å². The molecule has 5 aromatic heterocycles. The van der Waals surface area contributed by atoms with Crippen LogP contribution in [0.3, 0.4) is 0 Å². The number of carboxylic acid groups (broad SMARTS) is 3. The number of ether oxygens (including phenoxy) is 1. The number of nitrogens with zero attached hydrogens (tertiary/aromatic N) is 10. The molecule has 5 aliphatic rings. The molecule has 3 amide bonds. The molecule has 574 valence electrons. The number of aliphatic carboxylic acids is 3. The van der Waals surface area contributed by atoms with Crippen LogP contribution in [0.5, 0.6) is 0 Å². The van der Waals surface area contributed by atoms with Crippen LogP contribution in [0, 0.1) is 41.4 Å². The van der Waals surface area contributed by atoms with Gasteiger partial charge in [-0.1, -0.05) is 71.9 Å². The van der Waals surface area contributed by atoms with Crippen LogP contribution in [0.15, 0.2) is 149 Å². The van der Waals surface area contributed by atoms with Gasteiger partial charge in [0.05, 0.1) is 115 Å². The van der Waals surface area contributed by atoms with E-state index < -0.39 is 96.7 Å². The number of morpholine rings is 1. The average molecular weight is 1490 g/mol. The third-order valence-corrected chi connectivity index (χ3v) is 22.6. The zero-order valence-corrected chi connectivity index (χ0v) is 62.9.